The van der Waals surface area contributed by atoms with Crippen LogP contribution >= 0.6 is 0 Å². The largest absolute Gasteiger partial charge is 0.306 e. The highest BCUT2D eigenvalue weighted by molar-refractivity contribution is 5.21. The minimum absolute atomic E-state index is 0.0106. The second kappa shape index (κ2) is 5.60. The third-order valence-electron chi connectivity index (χ3n) is 2.83. The molecule has 2 rings (SSSR count). The fraction of sp³-hybridized carbons (Fsp3) is 0.200. The molecule has 2 aromatic carbocycles. The zero-order valence-corrected chi connectivity index (χ0v) is 9.86. The predicted octanol–water partition coefficient (Wildman–Crippen LogP) is 3.68. The van der Waals surface area contributed by atoms with Gasteiger partial charge in [-0.05, 0) is 18.6 Å². The SMILES string of the molecule is C[C@@H](NCc1ccccc1)c1ccccc1F. The Balaban J connectivity index is 1.99. The Morgan fingerprint density at radius 2 is 1.65 bits per heavy atom. The van der Waals surface area contributed by atoms with Crippen LogP contribution < -0.4 is 5.32 Å². The van der Waals surface area contributed by atoms with Gasteiger partial charge in [0.05, 0.1) is 0 Å². The molecule has 0 aromatic heterocycles. The van der Waals surface area contributed by atoms with Crippen molar-refractivity contribution in [2.75, 3.05) is 0 Å². The van der Waals surface area contributed by atoms with Gasteiger partial charge < -0.3 is 5.32 Å². The molecule has 0 spiro atoms. The quantitative estimate of drug-likeness (QED) is 0.843. The van der Waals surface area contributed by atoms with Gasteiger partial charge in [-0.15, -0.1) is 0 Å². The van der Waals surface area contributed by atoms with E-state index in [0.29, 0.717) is 5.56 Å². The van der Waals surface area contributed by atoms with E-state index < -0.39 is 0 Å². The van der Waals surface area contributed by atoms with Gasteiger partial charge in [-0.1, -0.05) is 48.5 Å². The van der Waals surface area contributed by atoms with Crippen LogP contribution in [0.3, 0.4) is 0 Å². The molecule has 0 saturated carbocycles. The Morgan fingerprint density at radius 1 is 1.00 bits per heavy atom. The maximum atomic E-state index is 13.5. The molecule has 0 radical (unpaired) electrons. The summed E-state index contributed by atoms with van der Waals surface area (Å²) in [5.74, 6) is -0.152. The minimum atomic E-state index is -0.152. The molecule has 1 N–H and O–H groups in total. The molecular weight excluding hydrogens is 213 g/mol. The van der Waals surface area contributed by atoms with E-state index in [2.05, 4.69) is 17.4 Å². The second-order valence-corrected chi connectivity index (χ2v) is 4.11. The maximum absolute atomic E-state index is 13.5. The number of halogens is 1. The Bertz CT molecular complexity index is 467. The third-order valence-corrected chi connectivity index (χ3v) is 2.83. The van der Waals surface area contributed by atoms with Crippen LogP contribution in [0.5, 0.6) is 0 Å². The van der Waals surface area contributed by atoms with Gasteiger partial charge in [0.1, 0.15) is 5.82 Å². The highest BCUT2D eigenvalue weighted by atomic mass is 19.1. The molecule has 0 saturated heterocycles. The first-order valence-electron chi connectivity index (χ1n) is 5.79. The first-order valence-corrected chi connectivity index (χ1v) is 5.79. The standard InChI is InChI=1S/C15H16FN/c1-12(14-9-5-6-10-15(14)16)17-11-13-7-3-2-4-8-13/h2-10,12,17H,11H2,1H3/t12-/m1/s1. The van der Waals surface area contributed by atoms with Crippen LogP contribution in [0.2, 0.25) is 0 Å². The van der Waals surface area contributed by atoms with Gasteiger partial charge in [-0.3, -0.25) is 0 Å². The molecule has 2 aromatic rings. The van der Waals surface area contributed by atoms with E-state index in [0.717, 1.165) is 6.54 Å². The third kappa shape index (κ3) is 3.14. The topological polar surface area (TPSA) is 12.0 Å². The van der Waals surface area contributed by atoms with Crippen molar-refractivity contribution in [2.24, 2.45) is 0 Å². The number of benzene rings is 2. The lowest BCUT2D eigenvalue weighted by molar-refractivity contribution is 0.528. The summed E-state index contributed by atoms with van der Waals surface area (Å²) < 4.78 is 13.5. The van der Waals surface area contributed by atoms with Crippen molar-refractivity contribution in [3.05, 3.63) is 71.5 Å². The van der Waals surface area contributed by atoms with E-state index in [1.807, 2.05) is 37.3 Å². The lowest BCUT2D eigenvalue weighted by atomic mass is 10.1. The van der Waals surface area contributed by atoms with E-state index in [-0.39, 0.29) is 11.9 Å². The van der Waals surface area contributed by atoms with Crippen molar-refractivity contribution in [1.82, 2.24) is 5.32 Å². The summed E-state index contributed by atoms with van der Waals surface area (Å²) in [4.78, 5) is 0. The fourth-order valence-corrected chi connectivity index (χ4v) is 1.80. The zero-order chi connectivity index (χ0) is 12.1. The van der Waals surface area contributed by atoms with Gasteiger partial charge in [-0.25, -0.2) is 4.39 Å². The van der Waals surface area contributed by atoms with Gasteiger partial charge in [0, 0.05) is 18.2 Å². The average molecular weight is 229 g/mol. The van der Waals surface area contributed by atoms with Crippen LogP contribution in [0.1, 0.15) is 24.1 Å². The van der Waals surface area contributed by atoms with E-state index in [1.165, 1.54) is 11.6 Å². The molecule has 0 aliphatic carbocycles. The molecule has 0 unspecified atom stereocenters. The molecular formula is C15H16FN. The van der Waals surface area contributed by atoms with Crippen molar-refractivity contribution in [3.63, 3.8) is 0 Å². The zero-order valence-electron chi connectivity index (χ0n) is 9.86. The number of hydrogen-bond acceptors (Lipinski definition) is 1. The molecule has 0 aliphatic rings. The lowest BCUT2D eigenvalue weighted by Gasteiger charge is -2.14. The van der Waals surface area contributed by atoms with Crippen LogP contribution in [0.4, 0.5) is 4.39 Å². The molecule has 1 nitrogen and oxygen atoms in total. The highest BCUT2D eigenvalue weighted by Crippen LogP contribution is 2.16. The van der Waals surface area contributed by atoms with Gasteiger partial charge in [0.2, 0.25) is 0 Å². The van der Waals surface area contributed by atoms with E-state index in [9.17, 15) is 4.39 Å². The number of hydrogen-bond donors (Lipinski definition) is 1. The summed E-state index contributed by atoms with van der Waals surface area (Å²) in [6.45, 7) is 2.72. The van der Waals surface area contributed by atoms with Gasteiger partial charge in [0.15, 0.2) is 0 Å². The smallest absolute Gasteiger partial charge is 0.127 e. The van der Waals surface area contributed by atoms with E-state index in [4.69, 9.17) is 0 Å². The van der Waals surface area contributed by atoms with Crippen LogP contribution in [0.25, 0.3) is 0 Å². The van der Waals surface area contributed by atoms with Gasteiger partial charge in [0.25, 0.3) is 0 Å². The molecule has 17 heavy (non-hydrogen) atoms. The normalized spacial score (nSPS) is 12.4. The summed E-state index contributed by atoms with van der Waals surface area (Å²) in [6, 6.07) is 17.0. The molecule has 0 heterocycles. The number of nitrogens with one attached hydrogen (secondary N) is 1. The van der Waals surface area contributed by atoms with Crippen LogP contribution in [0, 0.1) is 5.82 Å². The Hall–Kier alpha value is -1.67. The van der Waals surface area contributed by atoms with Crippen LogP contribution in [-0.4, -0.2) is 0 Å². The monoisotopic (exact) mass is 229 g/mol. The first-order chi connectivity index (χ1) is 8.27. The van der Waals surface area contributed by atoms with Crippen molar-refractivity contribution in [3.8, 4) is 0 Å². The molecule has 2 heteroatoms. The fourth-order valence-electron chi connectivity index (χ4n) is 1.80. The second-order valence-electron chi connectivity index (χ2n) is 4.11. The highest BCUT2D eigenvalue weighted by Gasteiger charge is 2.08. The molecule has 88 valence electrons. The maximum Gasteiger partial charge on any atom is 0.127 e. The molecule has 0 amide bonds. The Kier molecular flexibility index (Phi) is 3.89. The molecule has 0 fully saturated rings. The minimum Gasteiger partial charge on any atom is -0.306 e. The van der Waals surface area contributed by atoms with E-state index >= 15 is 0 Å². The Morgan fingerprint density at radius 3 is 2.35 bits per heavy atom. The van der Waals surface area contributed by atoms with Gasteiger partial charge in [-0.2, -0.15) is 0 Å². The summed E-state index contributed by atoms with van der Waals surface area (Å²) in [5.41, 5.74) is 1.92. The summed E-state index contributed by atoms with van der Waals surface area (Å²) >= 11 is 0. The van der Waals surface area contributed by atoms with Gasteiger partial charge >= 0.3 is 0 Å². The van der Waals surface area contributed by atoms with Crippen molar-refractivity contribution >= 4 is 0 Å². The molecule has 1 atom stereocenters. The number of rotatable bonds is 4. The molecule has 0 bridgehead atoms. The summed E-state index contributed by atoms with van der Waals surface area (Å²) in [5, 5.41) is 3.32. The Labute approximate surface area is 101 Å². The molecule has 0 aliphatic heterocycles. The van der Waals surface area contributed by atoms with E-state index in [1.54, 1.807) is 6.07 Å². The summed E-state index contributed by atoms with van der Waals surface area (Å²) in [7, 11) is 0. The van der Waals surface area contributed by atoms with Crippen molar-refractivity contribution in [2.45, 2.75) is 19.5 Å². The van der Waals surface area contributed by atoms with Crippen LogP contribution in [0.15, 0.2) is 54.6 Å². The lowest BCUT2D eigenvalue weighted by Crippen LogP contribution is -2.19. The van der Waals surface area contributed by atoms with Crippen molar-refractivity contribution in [1.29, 1.82) is 0 Å². The summed E-state index contributed by atoms with van der Waals surface area (Å²) in [6.07, 6.45) is 0. The average Bonchev–Trinajstić information content (AvgIpc) is 2.38. The first kappa shape index (κ1) is 11.8. The van der Waals surface area contributed by atoms with Crippen molar-refractivity contribution < 1.29 is 4.39 Å². The van der Waals surface area contributed by atoms with Crippen LogP contribution in [-0.2, 0) is 6.54 Å². The predicted molar refractivity (Wildman–Crippen MR) is 68.1 cm³/mol.